The maximum atomic E-state index is 12.8. The largest absolute Gasteiger partial charge is 0.462 e. The Morgan fingerprint density at radius 1 is 0.313 bits per heavy atom. The molecule has 0 fully saturated rings. The molecule has 0 amide bonds. The molecule has 0 saturated carbocycles. The van der Waals surface area contributed by atoms with Gasteiger partial charge >= 0.3 is 17.9 Å². The Balaban J connectivity index is 4.45. The molecule has 0 saturated heterocycles. The number of ether oxygens (including phenoxy) is 3. The summed E-state index contributed by atoms with van der Waals surface area (Å²) in [5, 5.41) is 0. The van der Waals surface area contributed by atoms with Gasteiger partial charge in [0.2, 0.25) is 0 Å². The van der Waals surface area contributed by atoms with Gasteiger partial charge in [-0.3, -0.25) is 14.4 Å². The minimum absolute atomic E-state index is 0.0987. The lowest BCUT2D eigenvalue weighted by molar-refractivity contribution is -0.166. The fraction of sp³-hybridized carbons (Fsp3) is 0.721. The standard InChI is InChI=1S/C61H104O6/c1-4-7-10-13-16-19-22-24-26-28-30-32-34-36-39-42-45-48-51-54-60(63)66-57-58(56-65-59(62)53-50-47-44-41-38-21-18-15-12-9-6-3)67-61(64)55-52-49-46-43-40-37-35-33-31-29-27-25-23-20-17-14-11-8-5-2/h7,10,16,19,24-27,30,32,36,39,45,48,58H,4-6,8-9,11-15,17-18,20-23,28-29,31,33-35,37-38,40-44,46-47,49-57H2,1-3H3/b10-7-,19-16-,26-24-,27-25-,32-30-,39-36-,48-45-. The summed E-state index contributed by atoms with van der Waals surface area (Å²) in [6.45, 7) is 6.46. The van der Waals surface area contributed by atoms with Crippen LogP contribution in [0.2, 0.25) is 0 Å². The molecule has 0 spiro atoms. The predicted molar refractivity (Wildman–Crippen MR) is 288 cm³/mol. The Labute approximate surface area is 414 Å². The topological polar surface area (TPSA) is 78.9 Å². The Bertz CT molecular complexity index is 1300. The predicted octanol–water partition coefficient (Wildman–Crippen LogP) is 18.8. The monoisotopic (exact) mass is 933 g/mol. The van der Waals surface area contributed by atoms with E-state index < -0.39 is 6.10 Å². The molecule has 1 unspecified atom stereocenters. The third-order valence-electron chi connectivity index (χ3n) is 11.9. The molecular formula is C61H104O6. The number of unbranched alkanes of at least 4 members (excludes halogenated alkanes) is 25. The lowest BCUT2D eigenvalue weighted by Gasteiger charge is -2.18. The molecule has 6 nitrogen and oxygen atoms in total. The number of rotatable bonds is 50. The van der Waals surface area contributed by atoms with Gasteiger partial charge in [0.25, 0.3) is 0 Å². The summed E-state index contributed by atoms with van der Waals surface area (Å²) in [5.74, 6) is -0.985. The van der Waals surface area contributed by atoms with Crippen molar-refractivity contribution in [2.24, 2.45) is 0 Å². The van der Waals surface area contributed by atoms with E-state index in [4.69, 9.17) is 14.2 Å². The van der Waals surface area contributed by atoms with Gasteiger partial charge in [-0.2, -0.15) is 0 Å². The summed E-state index contributed by atoms with van der Waals surface area (Å²) in [7, 11) is 0. The van der Waals surface area contributed by atoms with Crippen LogP contribution < -0.4 is 0 Å². The molecular weight excluding hydrogens is 829 g/mol. The van der Waals surface area contributed by atoms with Crippen molar-refractivity contribution < 1.29 is 28.6 Å². The van der Waals surface area contributed by atoms with Gasteiger partial charge in [-0.25, -0.2) is 0 Å². The summed E-state index contributed by atoms with van der Waals surface area (Å²) in [6.07, 6.45) is 71.6. The molecule has 0 aromatic rings. The Kier molecular flexibility index (Phi) is 52.4. The smallest absolute Gasteiger partial charge is 0.306 e. The number of carbonyl (C=O) groups is 3. The number of allylic oxidation sites excluding steroid dienone is 14. The van der Waals surface area contributed by atoms with Gasteiger partial charge in [-0.1, -0.05) is 247 Å². The van der Waals surface area contributed by atoms with E-state index in [0.717, 1.165) is 77.0 Å². The maximum Gasteiger partial charge on any atom is 0.306 e. The first-order chi connectivity index (χ1) is 33.0. The molecule has 0 N–H and O–H groups in total. The van der Waals surface area contributed by atoms with E-state index in [0.29, 0.717) is 19.3 Å². The zero-order chi connectivity index (χ0) is 48.6. The minimum atomic E-state index is -0.806. The summed E-state index contributed by atoms with van der Waals surface area (Å²) in [6, 6.07) is 0. The molecule has 0 bridgehead atoms. The molecule has 0 aliphatic carbocycles. The Hall–Kier alpha value is -3.41. The lowest BCUT2D eigenvalue weighted by atomic mass is 10.1. The molecule has 0 aromatic heterocycles. The molecule has 0 aromatic carbocycles. The van der Waals surface area contributed by atoms with Gasteiger partial charge in [0.1, 0.15) is 13.2 Å². The minimum Gasteiger partial charge on any atom is -0.462 e. The van der Waals surface area contributed by atoms with Crippen LogP contribution in [0, 0.1) is 0 Å². The second kappa shape index (κ2) is 55.2. The molecule has 6 heteroatoms. The van der Waals surface area contributed by atoms with E-state index in [1.54, 1.807) is 0 Å². The van der Waals surface area contributed by atoms with Gasteiger partial charge in [-0.05, 0) is 83.5 Å². The summed E-state index contributed by atoms with van der Waals surface area (Å²) in [4.78, 5) is 38.0. The molecule has 0 rings (SSSR count). The third-order valence-corrected chi connectivity index (χ3v) is 11.9. The van der Waals surface area contributed by atoms with Crippen molar-refractivity contribution in [2.45, 2.75) is 271 Å². The summed E-state index contributed by atoms with van der Waals surface area (Å²) in [5.41, 5.74) is 0. The summed E-state index contributed by atoms with van der Waals surface area (Å²) >= 11 is 0. The molecule has 0 heterocycles. The average Bonchev–Trinajstić information content (AvgIpc) is 3.33. The van der Waals surface area contributed by atoms with Gasteiger partial charge in [-0.15, -0.1) is 0 Å². The van der Waals surface area contributed by atoms with E-state index >= 15 is 0 Å². The van der Waals surface area contributed by atoms with Crippen molar-refractivity contribution in [3.8, 4) is 0 Å². The summed E-state index contributed by atoms with van der Waals surface area (Å²) < 4.78 is 16.8. The van der Waals surface area contributed by atoms with Crippen LogP contribution in [0.4, 0.5) is 0 Å². The van der Waals surface area contributed by atoms with Crippen molar-refractivity contribution in [2.75, 3.05) is 13.2 Å². The van der Waals surface area contributed by atoms with Crippen LogP contribution in [0.5, 0.6) is 0 Å². The fourth-order valence-corrected chi connectivity index (χ4v) is 7.70. The number of carbonyl (C=O) groups excluding carboxylic acids is 3. The highest BCUT2D eigenvalue weighted by molar-refractivity contribution is 5.71. The lowest BCUT2D eigenvalue weighted by Crippen LogP contribution is -2.30. The van der Waals surface area contributed by atoms with Crippen molar-refractivity contribution in [3.05, 3.63) is 85.1 Å². The van der Waals surface area contributed by atoms with Crippen LogP contribution in [0.25, 0.3) is 0 Å². The first-order valence-electron chi connectivity index (χ1n) is 28.1. The SMILES string of the molecule is CC/C=C\C/C=C\C/C=C\C/C=C\C/C=C\C/C=C\CCC(=O)OCC(COC(=O)CCCCCCCCCCCCC)OC(=O)CCCCCCCCCCC/C=C\CCCCCCCC. The van der Waals surface area contributed by atoms with E-state index in [-0.39, 0.29) is 37.5 Å². The van der Waals surface area contributed by atoms with Crippen LogP contribution in [0.3, 0.4) is 0 Å². The van der Waals surface area contributed by atoms with Crippen molar-refractivity contribution >= 4 is 17.9 Å². The number of hydrogen-bond donors (Lipinski definition) is 0. The zero-order valence-corrected chi connectivity index (χ0v) is 43.9. The van der Waals surface area contributed by atoms with Crippen LogP contribution in [0.15, 0.2) is 85.1 Å². The zero-order valence-electron chi connectivity index (χ0n) is 43.9. The molecule has 0 radical (unpaired) electrons. The van der Waals surface area contributed by atoms with Gasteiger partial charge in [0.05, 0.1) is 0 Å². The van der Waals surface area contributed by atoms with Gasteiger partial charge in [0.15, 0.2) is 6.10 Å². The van der Waals surface area contributed by atoms with Crippen molar-refractivity contribution in [3.63, 3.8) is 0 Å². The molecule has 384 valence electrons. The fourth-order valence-electron chi connectivity index (χ4n) is 7.70. The second-order valence-electron chi connectivity index (χ2n) is 18.5. The van der Waals surface area contributed by atoms with Crippen LogP contribution in [-0.4, -0.2) is 37.2 Å². The Morgan fingerprint density at radius 3 is 1.00 bits per heavy atom. The molecule has 67 heavy (non-hydrogen) atoms. The highest BCUT2D eigenvalue weighted by Crippen LogP contribution is 2.15. The normalized spacial score (nSPS) is 12.7. The van der Waals surface area contributed by atoms with Crippen molar-refractivity contribution in [1.29, 1.82) is 0 Å². The van der Waals surface area contributed by atoms with Crippen LogP contribution in [-0.2, 0) is 28.6 Å². The van der Waals surface area contributed by atoms with Crippen LogP contribution in [0.1, 0.15) is 265 Å². The molecule has 0 aliphatic heterocycles. The van der Waals surface area contributed by atoms with E-state index in [1.165, 1.54) is 141 Å². The average molecular weight is 933 g/mol. The van der Waals surface area contributed by atoms with E-state index in [9.17, 15) is 14.4 Å². The Morgan fingerprint density at radius 2 is 0.612 bits per heavy atom. The highest BCUT2D eigenvalue weighted by Gasteiger charge is 2.19. The van der Waals surface area contributed by atoms with Gasteiger partial charge < -0.3 is 14.2 Å². The number of esters is 3. The highest BCUT2D eigenvalue weighted by atomic mass is 16.6. The molecule has 1 atom stereocenters. The second-order valence-corrected chi connectivity index (χ2v) is 18.5. The number of hydrogen-bond acceptors (Lipinski definition) is 6. The first-order valence-corrected chi connectivity index (χ1v) is 28.1. The molecule has 0 aliphatic rings. The van der Waals surface area contributed by atoms with Crippen LogP contribution >= 0.6 is 0 Å². The van der Waals surface area contributed by atoms with E-state index in [1.807, 2.05) is 6.08 Å². The van der Waals surface area contributed by atoms with E-state index in [2.05, 4.69) is 99.8 Å². The maximum absolute atomic E-state index is 12.8. The quantitative estimate of drug-likeness (QED) is 0.0262. The first kappa shape index (κ1) is 63.6. The third kappa shape index (κ3) is 53.4. The van der Waals surface area contributed by atoms with Crippen molar-refractivity contribution in [1.82, 2.24) is 0 Å². The van der Waals surface area contributed by atoms with Gasteiger partial charge in [0, 0.05) is 19.3 Å².